The van der Waals surface area contributed by atoms with E-state index in [2.05, 4.69) is 17.1 Å². The number of benzene rings is 2. The van der Waals surface area contributed by atoms with Gasteiger partial charge in [0, 0.05) is 11.9 Å². The van der Waals surface area contributed by atoms with E-state index in [4.69, 9.17) is 4.74 Å². The van der Waals surface area contributed by atoms with Crippen molar-refractivity contribution in [3.05, 3.63) is 89.7 Å². The van der Waals surface area contributed by atoms with Crippen LogP contribution in [0.15, 0.2) is 72.9 Å². The number of hydrogen-bond acceptors (Lipinski definition) is 3. The monoisotopic (exact) mass is 329 g/mol. The number of carbonyl (C=O) groups excluding carboxylic acids is 1. The molecule has 3 nitrogen and oxygen atoms in total. The van der Waals surface area contributed by atoms with Crippen LogP contribution in [0.4, 0.5) is 0 Å². The molecule has 1 aliphatic carbocycles. The van der Waals surface area contributed by atoms with E-state index in [9.17, 15) is 4.79 Å². The smallest absolute Gasteiger partial charge is 0.317 e. The largest absolute Gasteiger partial charge is 0.465 e. The maximum absolute atomic E-state index is 12.7. The summed E-state index contributed by atoms with van der Waals surface area (Å²) in [4.78, 5) is 17.0. The lowest BCUT2D eigenvalue weighted by molar-refractivity contribution is -0.144. The van der Waals surface area contributed by atoms with E-state index in [1.54, 1.807) is 6.20 Å². The first-order chi connectivity index (χ1) is 12.3. The van der Waals surface area contributed by atoms with E-state index < -0.39 is 0 Å². The Morgan fingerprint density at radius 2 is 1.52 bits per heavy atom. The van der Waals surface area contributed by atoms with Gasteiger partial charge in [-0.3, -0.25) is 9.78 Å². The maximum Gasteiger partial charge on any atom is 0.317 e. The van der Waals surface area contributed by atoms with Crippen LogP contribution in [0.5, 0.6) is 0 Å². The molecule has 0 amide bonds. The van der Waals surface area contributed by atoms with Gasteiger partial charge in [-0.2, -0.15) is 0 Å². The van der Waals surface area contributed by atoms with Crippen molar-refractivity contribution >= 4 is 5.97 Å². The predicted molar refractivity (Wildman–Crippen MR) is 97.2 cm³/mol. The molecule has 0 radical (unpaired) electrons. The summed E-state index contributed by atoms with van der Waals surface area (Å²) in [5, 5.41) is 0. The van der Waals surface area contributed by atoms with Crippen molar-refractivity contribution in [2.45, 2.75) is 18.8 Å². The van der Waals surface area contributed by atoms with E-state index in [0.717, 1.165) is 40.8 Å². The van der Waals surface area contributed by atoms with Gasteiger partial charge in [0.05, 0.1) is 6.61 Å². The lowest BCUT2D eigenvalue weighted by Gasteiger charge is -2.13. The second-order valence-electron chi connectivity index (χ2n) is 6.20. The lowest BCUT2D eigenvalue weighted by Crippen LogP contribution is -2.16. The number of fused-ring (bicyclic) bond motifs is 3. The van der Waals surface area contributed by atoms with Crippen LogP contribution < -0.4 is 0 Å². The van der Waals surface area contributed by atoms with Crippen molar-refractivity contribution in [3.63, 3.8) is 0 Å². The van der Waals surface area contributed by atoms with Crippen molar-refractivity contribution < 1.29 is 9.53 Å². The SMILES string of the molecule is O=C(OCCCc1ccccn1)C1c2ccccc2-c2ccccc21. The van der Waals surface area contributed by atoms with Crippen LogP contribution in [0.3, 0.4) is 0 Å². The van der Waals surface area contributed by atoms with E-state index >= 15 is 0 Å². The number of carbonyl (C=O) groups is 1. The third-order valence-electron chi connectivity index (χ3n) is 4.62. The summed E-state index contributed by atoms with van der Waals surface area (Å²) in [7, 11) is 0. The zero-order valence-corrected chi connectivity index (χ0v) is 13.9. The molecule has 1 heterocycles. The molecule has 3 heteroatoms. The molecule has 1 aliphatic rings. The van der Waals surface area contributed by atoms with Crippen molar-refractivity contribution in [2.75, 3.05) is 6.61 Å². The third kappa shape index (κ3) is 3.05. The Labute approximate surface area is 147 Å². The summed E-state index contributed by atoms with van der Waals surface area (Å²) in [6, 6.07) is 22.0. The molecule has 2 aromatic carbocycles. The van der Waals surface area contributed by atoms with Crippen LogP contribution in [0.25, 0.3) is 11.1 Å². The third-order valence-corrected chi connectivity index (χ3v) is 4.62. The Hall–Kier alpha value is -2.94. The summed E-state index contributed by atoms with van der Waals surface area (Å²) in [6.45, 7) is 0.413. The van der Waals surface area contributed by atoms with Gasteiger partial charge >= 0.3 is 5.97 Å². The summed E-state index contributed by atoms with van der Waals surface area (Å²) >= 11 is 0. The van der Waals surface area contributed by atoms with Gasteiger partial charge in [-0.1, -0.05) is 54.6 Å². The Bertz CT molecular complexity index is 844. The highest BCUT2D eigenvalue weighted by Crippen LogP contribution is 2.44. The standard InChI is InChI=1S/C22H19NO2/c24-22(25-15-7-9-16-8-5-6-14-23-16)21-19-12-3-1-10-17(19)18-11-2-4-13-20(18)21/h1-6,8,10-14,21H,7,9,15H2. The fourth-order valence-electron chi connectivity index (χ4n) is 3.46. The van der Waals surface area contributed by atoms with Gasteiger partial charge in [0.1, 0.15) is 5.92 Å². The number of hydrogen-bond donors (Lipinski definition) is 0. The highest BCUT2D eigenvalue weighted by molar-refractivity contribution is 5.93. The second-order valence-corrected chi connectivity index (χ2v) is 6.20. The van der Waals surface area contributed by atoms with Crippen LogP contribution >= 0.6 is 0 Å². The fourth-order valence-corrected chi connectivity index (χ4v) is 3.46. The molecule has 124 valence electrons. The highest BCUT2D eigenvalue weighted by atomic mass is 16.5. The second kappa shape index (κ2) is 6.89. The van der Waals surface area contributed by atoms with Crippen LogP contribution in [-0.4, -0.2) is 17.6 Å². The molecule has 0 atom stereocenters. The van der Waals surface area contributed by atoms with E-state index in [-0.39, 0.29) is 11.9 Å². The number of pyridine rings is 1. The zero-order valence-electron chi connectivity index (χ0n) is 13.9. The topological polar surface area (TPSA) is 39.2 Å². The van der Waals surface area contributed by atoms with Gasteiger partial charge in [-0.15, -0.1) is 0 Å². The highest BCUT2D eigenvalue weighted by Gasteiger charge is 2.34. The minimum Gasteiger partial charge on any atom is -0.465 e. The maximum atomic E-state index is 12.7. The summed E-state index contributed by atoms with van der Waals surface area (Å²) in [6.07, 6.45) is 3.37. The molecular weight excluding hydrogens is 310 g/mol. The van der Waals surface area contributed by atoms with Crippen molar-refractivity contribution in [1.82, 2.24) is 4.98 Å². The van der Waals surface area contributed by atoms with Crippen LogP contribution in [-0.2, 0) is 16.0 Å². The average molecular weight is 329 g/mol. The van der Waals surface area contributed by atoms with Crippen LogP contribution in [0.1, 0.15) is 29.2 Å². The van der Waals surface area contributed by atoms with E-state index in [1.165, 1.54) is 0 Å². The molecule has 0 N–H and O–H groups in total. The number of aryl methyl sites for hydroxylation is 1. The van der Waals surface area contributed by atoms with Crippen LogP contribution in [0, 0.1) is 0 Å². The number of esters is 1. The minimum absolute atomic E-state index is 0.168. The molecular formula is C22H19NO2. The first kappa shape index (κ1) is 15.6. The summed E-state index contributed by atoms with van der Waals surface area (Å²) in [5.74, 6) is -0.485. The molecule has 1 aromatic heterocycles. The van der Waals surface area contributed by atoms with Crippen molar-refractivity contribution in [2.24, 2.45) is 0 Å². The summed E-state index contributed by atoms with van der Waals surface area (Å²) < 4.78 is 5.59. The Morgan fingerprint density at radius 3 is 2.16 bits per heavy atom. The molecule has 0 aliphatic heterocycles. The van der Waals surface area contributed by atoms with Crippen molar-refractivity contribution in [1.29, 1.82) is 0 Å². The van der Waals surface area contributed by atoms with Gasteiger partial charge in [0.15, 0.2) is 0 Å². The molecule has 3 aromatic rings. The fraction of sp³-hybridized carbons (Fsp3) is 0.182. The quantitative estimate of drug-likeness (QED) is 0.515. The Balaban J connectivity index is 1.45. The number of rotatable bonds is 5. The molecule has 0 spiro atoms. The van der Waals surface area contributed by atoms with Crippen LogP contribution in [0.2, 0.25) is 0 Å². The number of aromatic nitrogens is 1. The van der Waals surface area contributed by atoms with Gasteiger partial charge in [0.25, 0.3) is 0 Å². The molecule has 25 heavy (non-hydrogen) atoms. The Morgan fingerprint density at radius 1 is 0.880 bits per heavy atom. The predicted octanol–water partition coefficient (Wildman–Crippen LogP) is 4.37. The summed E-state index contributed by atoms with van der Waals surface area (Å²) in [5.41, 5.74) is 5.37. The van der Waals surface area contributed by atoms with Gasteiger partial charge in [-0.05, 0) is 47.2 Å². The molecule has 0 saturated heterocycles. The van der Waals surface area contributed by atoms with E-state index in [0.29, 0.717) is 6.61 Å². The van der Waals surface area contributed by atoms with E-state index in [1.807, 2.05) is 54.6 Å². The zero-order chi connectivity index (χ0) is 17.1. The molecule has 0 unspecified atom stereocenters. The normalized spacial score (nSPS) is 12.5. The minimum atomic E-state index is -0.317. The Kier molecular flexibility index (Phi) is 4.30. The average Bonchev–Trinajstić information content (AvgIpc) is 3.01. The first-order valence-electron chi connectivity index (χ1n) is 8.59. The number of nitrogens with zero attached hydrogens (tertiary/aromatic N) is 1. The molecule has 0 bridgehead atoms. The molecule has 0 saturated carbocycles. The molecule has 4 rings (SSSR count). The van der Waals surface area contributed by atoms with Gasteiger partial charge in [0.2, 0.25) is 0 Å². The van der Waals surface area contributed by atoms with Gasteiger partial charge in [-0.25, -0.2) is 0 Å². The first-order valence-corrected chi connectivity index (χ1v) is 8.59. The van der Waals surface area contributed by atoms with Gasteiger partial charge < -0.3 is 4.74 Å². The number of ether oxygens (including phenoxy) is 1. The lowest BCUT2D eigenvalue weighted by atomic mass is 9.97. The van der Waals surface area contributed by atoms with Crippen molar-refractivity contribution in [3.8, 4) is 11.1 Å². The molecule has 0 fully saturated rings.